The molecule has 3 rings (SSSR count). The lowest BCUT2D eigenvalue weighted by Crippen LogP contribution is -2.35. The number of benzene rings is 1. The SMILES string of the molecule is CS(=O)(=O)c1ccc(CN[C@@H]2CC(Cn3cccn3)C[C@H]2O)cc1. The zero-order valence-electron chi connectivity index (χ0n) is 13.7. The molecule has 0 saturated heterocycles. The summed E-state index contributed by atoms with van der Waals surface area (Å²) < 4.78 is 24.8. The van der Waals surface area contributed by atoms with Gasteiger partial charge >= 0.3 is 0 Å². The molecule has 24 heavy (non-hydrogen) atoms. The summed E-state index contributed by atoms with van der Waals surface area (Å²) in [4.78, 5) is 0.325. The van der Waals surface area contributed by atoms with Crippen LogP contribution in [-0.2, 0) is 22.9 Å². The smallest absolute Gasteiger partial charge is 0.175 e. The zero-order valence-corrected chi connectivity index (χ0v) is 14.5. The van der Waals surface area contributed by atoms with Crippen LogP contribution in [0.4, 0.5) is 0 Å². The minimum atomic E-state index is -3.16. The van der Waals surface area contributed by atoms with Crippen molar-refractivity contribution in [2.24, 2.45) is 5.92 Å². The van der Waals surface area contributed by atoms with Crippen molar-refractivity contribution >= 4 is 9.84 Å². The van der Waals surface area contributed by atoms with Gasteiger partial charge in [-0.25, -0.2) is 8.42 Å². The maximum Gasteiger partial charge on any atom is 0.175 e. The van der Waals surface area contributed by atoms with Crippen LogP contribution in [0.15, 0.2) is 47.6 Å². The van der Waals surface area contributed by atoms with Gasteiger partial charge in [0.25, 0.3) is 0 Å². The van der Waals surface area contributed by atoms with Crippen molar-refractivity contribution in [2.45, 2.75) is 43.0 Å². The van der Waals surface area contributed by atoms with E-state index in [0.29, 0.717) is 17.4 Å². The molecule has 1 aromatic heterocycles. The second kappa shape index (κ2) is 7.04. The summed E-state index contributed by atoms with van der Waals surface area (Å²) in [5.41, 5.74) is 1.00. The number of aliphatic hydroxyl groups excluding tert-OH is 1. The minimum Gasteiger partial charge on any atom is -0.391 e. The van der Waals surface area contributed by atoms with Crippen molar-refractivity contribution in [3.05, 3.63) is 48.3 Å². The van der Waals surface area contributed by atoms with E-state index >= 15 is 0 Å². The first-order valence-corrected chi connectivity index (χ1v) is 9.99. The van der Waals surface area contributed by atoms with Gasteiger partial charge in [-0.1, -0.05) is 12.1 Å². The third-order valence-corrected chi connectivity index (χ3v) is 5.68. The molecule has 1 aliphatic carbocycles. The second-order valence-corrected chi connectivity index (χ2v) is 8.55. The van der Waals surface area contributed by atoms with E-state index in [0.717, 1.165) is 24.9 Å². The average Bonchev–Trinajstić information content (AvgIpc) is 3.15. The van der Waals surface area contributed by atoms with Gasteiger partial charge in [-0.15, -0.1) is 0 Å². The van der Waals surface area contributed by atoms with E-state index in [4.69, 9.17) is 0 Å². The Kier molecular flexibility index (Phi) is 5.03. The van der Waals surface area contributed by atoms with Gasteiger partial charge in [0, 0.05) is 37.8 Å². The number of rotatable bonds is 6. The Labute approximate surface area is 142 Å². The molecule has 3 atom stereocenters. The first-order valence-electron chi connectivity index (χ1n) is 8.09. The standard InChI is InChI=1S/C17H23N3O3S/c1-24(22,23)15-5-3-13(4-6-15)11-18-16-9-14(10-17(16)21)12-20-8-2-7-19-20/h2-8,14,16-18,21H,9-12H2,1H3/t14?,16-,17-/m1/s1. The summed E-state index contributed by atoms with van der Waals surface area (Å²) >= 11 is 0. The van der Waals surface area contributed by atoms with Crippen LogP contribution >= 0.6 is 0 Å². The predicted molar refractivity (Wildman–Crippen MR) is 91.1 cm³/mol. The van der Waals surface area contributed by atoms with E-state index in [-0.39, 0.29) is 12.1 Å². The quantitative estimate of drug-likeness (QED) is 0.819. The molecule has 1 aromatic carbocycles. The van der Waals surface area contributed by atoms with Crippen LogP contribution in [0.5, 0.6) is 0 Å². The summed E-state index contributed by atoms with van der Waals surface area (Å²) in [6.45, 7) is 1.44. The molecular weight excluding hydrogens is 326 g/mol. The Hall–Kier alpha value is -1.70. The van der Waals surface area contributed by atoms with E-state index in [2.05, 4.69) is 10.4 Å². The van der Waals surface area contributed by atoms with Crippen molar-refractivity contribution in [3.63, 3.8) is 0 Å². The topological polar surface area (TPSA) is 84.2 Å². The summed E-state index contributed by atoms with van der Waals surface area (Å²) in [6, 6.07) is 8.83. The lowest BCUT2D eigenvalue weighted by atomic mass is 10.1. The molecule has 2 N–H and O–H groups in total. The van der Waals surface area contributed by atoms with E-state index < -0.39 is 9.84 Å². The van der Waals surface area contributed by atoms with E-state index in [1.54, 1.807) is 18.3 Å². The van der Waals surface area contributed by atoms with Gasteiger partial charge in [-0.3, -0.25) is 4.68 Å². The Morgan fingerprint density at radius 2 is 2.04 bits per heavy atom. The first kappa shape index (κ1) is 17.1. The fraction of sp³-hybridized carbons (Fsp3) is 0.471. The van der Waals surface area contributed by atoms with Crippen molar-refractivity contribution in [1.82, 2.24) is 15.1 Å². The van der Waals surface area contributed by atoms with Crippen LogP contribution in [-0.4, -0.2) is 41.7 Å². The van der Waals surface area contributed by atoms with E-state index in [1.165, 1.54) is 6.26 Å². The lowest BCUT2D eigenvalue weighted by molar-refractivity contribution is 0.145. The normalized spacial score (nSPS) is 24.3. The van der Waals surface area contributed by atoms with Gasteiger partial charge in [0.1, 0.15) is 0 Å². The number of hydrogen-bond donors (Lipinski definition) is 2. The monoisotopic (exact) mass is 349 g/mol. The number of hydrogen-bond acceptors (Lipinski definition) is 5. The number of sulfone groups is 1. The number of nitrogens with zero attached hydrogens (tertiary/aromatic N) is 2. The summed E-state index contributed by atoms with van der Waals surface area (Å²) in [6.07, 6.45) is 6.22. The van der Waals surface area contributed by atoms with Gasteiger partial charge in [-0.05, 0) is 42.5 Å². The number of aromatic nitrogens is 2. The van der Waals surface area contributed by atoms with Gasteiger partial charge in [0.15, 0.2) is 9.84 Å². The predicted octanol–water partition coefficient (Wildman–Crippen LogP) is 1.22. The highest BCUT2D eigenvalue weighted by atomic mass is 32.2. The fourth-order valence-electron chi connectivity index (χ4n) is 3.26. The third-order valence-electron chi connectivity index (χ3n) is 4.55. The van der Waals surface area contributed by atoms with Gasteiger partial charge in [0.2, 0.25) is 0 Å². The largest absolute Gasteiger partial charge is 0.391 e. The molecule has 1 fully saturated rings. The highest BCUT2D eigenvalue weighted by Gasteiger charge is 2.32. The zero-order chi connectivity index (χ0) is 17.2. The second-order valence-electron chi connectivity index (χ2n) is 6.54. The summed E-state index contributed by atoms with van der Waals surface area (Å²) in [5, 5.41) is 17.8. The number of nitrogens with one attached hydrogen (secondary N) is 1. The Bertz CT molecular complexity index is 757. The van der Waals surface area contributed by atoms with E-state index in [1.807, 2.05) is 29.1 Å². The van der Waals surface area contributed by atoms with Crippen molar-refractivity contribution in [1.29, 1.82) is 0 Å². The molecule has 0 bridgehead atoms. The van der Waals surface area contributed by atoms with Crippen molar-refractivity contribution in [2.75, 3.05) is 6.26 Å². The van der Waals surface area contributed by atoms with Crippen LogP contribution in [0.3, 0.4) is 0 Å². The average molecular weight is 349 g/mol. The molecule has 2 aromatic rings. The molecular formula is C17H23N3O3S. The summed E-state index contributed by atoms with van der Waals surface area (Å²) in [5.74, 6) is 0.407. The Morgan fingerprint density at radius 3 is 2.67 bits per heavy atom. The highest BCUT2D eigenvalue weighted by molar-refractivity contribution is 7.90. The van der Waals surface area contributed by atoms with Gasteiger partial charge in [-0.2, -0.15) is 5.10 Å². The maximum absolute atomic E-state index is 11.5. The molecule has 7 heteroatoms. The van der Waals surface area contributed by atoms with Gasteiger partial charge < -0.3 is 10.4 Å². The maximum atomic E-state index is 11.5. The van der Waals surface area contributed by atoms with Crippen molar-refractivity contribution in [3.8, 4) is 0 Å². The van der Waals surface area contributed by atoms with Crippen LogP contribution < -0.4 is 5.32 Å². The molecule has 1 unspecified atom stereocenters. The molecule has 1 aliphatic rings. The van der Waals surface area contributed by atoms with Gasteiger partial charge in [0.05, 0.1) is 11.0 Å². The van der Waals surface area contributed by atoms with Crippen molar-refractivity contribution < 1.29 is 13.5 Å². The first-order chi connectivity index (χ1) is 11.4. The fourth-order valence-corrected chi connectivity index (χ4v) is 3.89. The molecule has 130 valence electrons. The van der Waals surface area contributed by atoms with Crippen LogP contribution in [0.25, 0.3) is 0 Å². The molecule has 0 aliphatic heterocycles. The minimum absolute atomic E-state index is 0.0557. The summed E-state index contributed by atoms with van der Waals surface area (Å²) in [7, 11) is -3.16. The Balaban J connectivity index is 1.53. The van der Waals surface area contributed by atoms with Crippen LogP contribution in [0.1, 0.15) is 18.4 Å². The molecule has 0 radical (unpaired) electrons. The molecule has 0 spiro atoms. The highest BCUT2D eigenvalue weighted by Crippen LogP contribution is 2.27. The lowest BCUT2D eigenvalue weighted by Gasteiger charge is -2.16. The Morgan fingerprint density at radius 1 is 1.29 bits per heavy atom. The molecule has 1 saturated carbocycles. The van der Waals surface area contributed by atoms with Crippen LogP contribution in [0.2, 0.25) is 0 Å². The number of aliphatic hydroxyl groups is 1. The third kappa shape index (κ3) is 4.23. The molecule has 6 nitrogen and oxygen atoms in total. The van der Waals surface area contributed by atoms with E-state index in [9.17, 15) is 13.5 Å². The molecule has 1 heterocycles. The molecule has 0 amide bonds. The van der Waals surface area contributed by atoms with Crippen LogP contribution in [0, 0.1) is 5.92 Å².